The number of para-hydroxylation sites is 2. The Morgan fingerprint density at radius 2 is 1.52 bits per heavy atom. The normalized spacial score (nSPS) is 15.1. The third kappa shape index (κ3) is 6.88. The Morgan fingerprint density at radius 3 is 2.24 bits per heavy atom. The van der Waals surface area contributed by atoms with Gasteiger partial charge in [-0.15, -0.1) is 11.8 Å². The lowest BCUT2D eigenvalue weighted by Crippen LogP contribution is -2.49. The lowest BCUT2D eigenvalue weighted by Gasteiger charge is -2.34. The largest absolute Gasteiger partial charge is 0.325 e. The van der Waals surface area contributed by atoms with Crippen LogP contribution in [-0.2, 0) is 9.59 Å². The minimum atomic E-state index is 0.0106. The molecule has 0 bridgehead atoms. The standard InChI is InChI=1S/C22H28N4O2S/c1-29-20-10-6-5-9-19(20)24-21(27)11-12-25-13-15-26(16-14-25)17-22(28)23-18-7-3-2-4-8-18/h2-10H,11-17H2,1H3,(H,23,28)(H,24,27). The molecule has 1 saturated heterocycles. The number of hydrogen-bond acceptors (Lipinski definition) is 5. The van der Waals surface area contributed by atoms with Gasteiger partial charge in [0.15, 0.2) is 0 Å². The Bertz CT molecular complexity index is 807. The minimum absolute atomic E-state index is 0.0106. The molecule has 0 spiro atoms. The number of nitrogens with one attached hydrogen (secondary N) is 2. The SMILES string of the molecule is CSc1ccccc1NC(=O)CCN1CCN(CC(=O)Nc2ccccc2)CC1. The fraction of sp³-hybridized carbons (Fsp3) is 0.364. The highest BCUT2D eigenvalue weighted by atomic mass is 32.2. The smallest absolute Gasteiger partial charge is 0.238 e. The number of hydrogen-bond donors (Lipinski definition) is 2. The second-order valence-electron chi connectivity index (χ2n) is 7.03. The number of benzene rings is 2. The molecule has 7 heteroatoms. The average Bonchev–Trinajstić information content (AvgIpc) is 2.74. The molecule has 0 saturated carbocycles. The van der Waals surface area contributed by atoms with Gasteiger partial charge in [-0.25, -0.2) is 0 Å². The number of nitrogens with zero attached hydrogens (tertiary/aromatic N) is 2. The highest BCUT2D eigenvalue weighted by Gasteiger charge is 2.19. The van der Waals surface area contributed by atoms with Gasteiger partial charge < -0.3 is 15.5 Å². The van der Waals surface area contributed by atoms with E-state index < -0.39 is 0 Å². The van der Waals surface area contributed by atoms with Crippen LogP contribution >= 0.6 is 11.8 Å². The molecule has 2 amide bonds. The number of amides is 2. The van der Waals surface area contributed by atoms with E-state index in [0.29, 0.717) is 13.0 Å². The van der Waals surface area contributed by atoms with E-state index in [-0.39, 0.29) is 11.8 Å². The maximum absolute atomic E-state index is 12.3. The van der Waals surface area contributed by atoms with Crippen molar-refractivity contribution >= 4 is 35.0 Å². The van der Waals surface area contributed by atoms with E-state index in [0.717, 1.165) is 49.0 Å². The summed E-state index contributed by atoms with van der Waals surface area (Å²) in [4.78, 5) is 30.0. The molecule has 3 rings (SSSR count). The van der Waals surface area contributed by atoms with Gasteiger partial charge in [0.05, 0.1) is 12.2 Å². The Morgan fingerprint density at radius 1 is 0.862 bits per heavy atom. The summed E-state index contributed by atoms with van der Waals surface area (Å²) in [6, 6.07) is 17.4. The van der Waals surface area contributed by atoms with Gasteiger partial charge in [-0.1, -0.05) is 30.3 Å². The third-order valence-corrected chi connectivity index (χ3v) is 5.72. The van der Waals surface area contributed by atoms with Gasteiger partial charge in [0.25, 0.3) is 0 Å². The minimum Gasteiger partial charge on any atom is -0.325 e. The number of rotatable bonds is 8. The molecule has 154 valence electrons. The van der Waals surface area contributed by atoms with E-state index in [1.165, 1.54) is 0 Å². The van der Waals surface area contributed by atoms with E-state index in [9.17, 15) is 9.59 Å². The van der Waals surface area contributed by atoms with Gasteiger partial charge in [0.2, 0.25) is 11.8 Å². The van der Waals surface area contributed by atoms with E-state index in [1.54, 1.807) is 11.8 Å². The van der Waals surface area contributed by atoms with Crippen molar-refractivity contribution in [2.45, 2.75) is 11.3 Å². The zero-order valence-corrected chi connectivity index (χ0v) is 17.6. The van der Waals surface area contributed by atoms with Gasteiger partial charge in [-0.05, 0) is 30.5 Å². The summed E-state index contributed by atoms with van der Waals surface area (Å²) < 4.78 is 0. The molecule has 0 aliphatic carbocycles. The van der Waals surface area contributed by atoms with E-state index in [4.69, 9.17) is 0 Å². The summed E-state index contributed by atoms with van der Waals surface area (Å²) in [6.07, 6.45) is 2.47. The van der Waals surface area contributed by atoms with Crippen molar-refractivity contribution in [3.05, 3.63) is 54.6 Å². The van der Waals surface area contributed by atoms with Gasteiger partial charge in [-0.2, -0.15) is 0 Å². The summed E-state index contributed by atoms with van der Waals surface area (Å²) in [6.45, 7) is 4.53. The third-order valence-electron chi connectivity index (χ3n) is 4.93. The van der Waals surface area contributed by atoms with Crippen molar-refractivity contribution in [1.82, 2.24) is 9.80 Å². The first-order valence-electron chi connectivity index (χ1n) is 9.86. The molecule has 0 unspecified atom stereocenters. The molecule has 2 N–H and O–H groups in total. The molecule has 2 aromatic carbocycles. The molecular weight excluding hydrogens is 384 g/mol. The summed E-state index contributed by atoms with van der Waals surface area (Å²) in [5.41, 5.74) is 1.70. The lowest BCUT2D eigenvalue weighted by molar-refractivity contribution is -0.117. The molecule has 0 atom stereocenters. The summed E-state index contributed by atoms with van der Waals surface area (Å²) in [5, 5.41) is 5.93. The van der Waals surface area contributed by atoms with E-state index in [2.05, 4.69) is 20.4 Å². The molecule has 2 aromatic rings. The highest BCUT2D eigenvalue weighted by Crippen LogP contribution is 2.24. The number of thioether (sulfide) groups is 1. The van der Waals surface area contributed by atoms with E-state index in [1.807, 2.05) is 60.9 Å². The molecule has 29 heavy (non-hydrogen) atoms. The van der Waals surface area contributed by atoms with Gasteiger partial charge >= 0.3 is 0 Å². The Balaban J connectivity index is 1.35. The molecule has 0 radical (unpaired) electrons. The first-order valence-corrected chi connectivity index (χ1v) is 11.1. The summed E-state index contributed by atoms with van der Waals surface area (Å²) in [5.74, 6) is 0.0488. The number of piperazine rings is 1. The maximum atomic E-state index is 12.3. The van der Waals surface area contributed by atoms with Crippen molar-refractivity contribution in [1.29, 1.82) is 0 Å². The van der Waals surface area contributed by atoms with Gasteiger partial charge in [0, 0.05) is 49.7 Å². The summed E-state index contributed by atoms with van der Waals surface area (Å²) >= 11 is 1.63. The van der Waals surface area contributed by atoms with Crippen molar-refractivity contribution in [2.24, 2.45) is 0 Å². The molecule has 1 heterocycles. The van der Waals surface area contributed by atoms with Gasteiger partial charge in [0.1, 0.15) is 0 Å². The molecule has 1 fully saturated rings. The topological polar surface area (TPSA) is 64.7 Å². The highest BCUT2D eigenvalue weighted by molar-refractivity contribution is 7.98. The van der Waals surface area contributed by atoms with Crippen LogP contribution in [-0.4, -0.2) is 67.1 Å². The van der Waals surface area contributed by atoms with Crippen molar-refractivity contribution < 1.29 is 9.59 Å². The van der Waals surface area contributed by atoms with Crippen LogP contribution in [0.15, 0.2) is 59.5 Å². The fourth-order valence-electron chi connectivity index (χ4n) is 3.32. The zero-order valence-electron chi connectivity index (χ0n) is 16.8. The van der Waals surface area contributed by atoms with Crippen molar-refractivity contribution in [2.75, 3.05) is 56.2 Å². The molecule has 1 aliphatic heterocycles. The number of carbonyl (C=O) groups excluding carboxylic acids is 2. The van der Waals surface area contributed by atoms with Crippen molar-refractivity contribution in [3.63, 3.8) is 0 Å². The second-order valence-corrected chi connectivity index (χ2v) is 7.88. The van der Waals surface area contributed by atoms with Crippen LogP contribution in [0.2, 0.25) is 0 Å². The monoisotopic (exact) mass is 412 g/mol. The Labute approximate surface area is 176 Å². The van der Waals surface area contributed by atoms with Crippen LogP contribution in [0.4, 0.5) is 11.4 Å². The molecule has 1 aliphatic rings. The van der Waals surface area contributed by atoms with E-state index >= 15 is 0 Å². The van der Waals surface area contributed by atoms with Crippen LogP contribution in [0.1, 0.15) is 6.42 Å². The zero-order chi connectivity index (χ0) is 20.5. The molecular formula is C22H28N4O2S. The van der Waals surface area contributed by atoms with Crippen LogP contribution in [0, 0.1) is 0 Å². The first-order chi connectivity index (χ1) is 14.1. The van der Waals surface area contributed by atoms with Crippen LogP contribution < -0.4 is 10.6 Å². The molecule has 6 nitrogen and oxygen atoms in total. The lowest BCUT2D eigenvalue weighted by atomic mass is 10.2. The van der Waals surface area contributed by atoms with Crippen molar-refractivity contribution in [3.8, 4) is 0 Å². The Hall–Kier alpha value is -2.35. The predicted molar refractivity (Wildman–Crippen MR) is 119 cm³/mol. The fourth-order valence-corrected chi connectivity index (χ4v) is 3.87. The average molecular weight is 413 g/mol. The number of carbonyl (C=O) groups is 2. The van der Waals surface area contributed by atoms with Crippen LogP contribution in [0.25, 0.3) is 0 Å². The number of anilines is 2. The maximum Gasteiger partial charge on any atom is 0.238 e. The summed E-state index contributed by atoms with van der Waals surface area (Å²) in [7, 11) is 0. The first kappa shape index (κ1) is 21.4. The van der Waals surface area contributed by atoms with Crippen LogP contribution in [0.3, 0.4) is 0 Å². The predicted octanol–water partition coefficient (Wildman–Crippen LogP) is 2.99. The Kier molecular flexibility index (Phi) is 8.10. The van der Waals surface area contributed by atoms with Crippen LogP contribution in [0.5, 0.6) is 0 Å². The van der Waals surface area contributed by atoms with Gasteiger partial charge in [-0.3, -0.25) is 14.5 Å². The molecule has 0 aromatic heterocycles. The quantitative estimate of drug-likeness (QED) is 0.653. The second kappa shape index (κ2) is 11.0.